The Morgan fingerprint density at radius 2 is 2.15 bits per heavy atom. The summed E-state index contributed by atoms with van der Waals surface area (Å²) in [5, 5.41) is 1.67. The van der Waals surface area contributed by atoms with E-state index in [1.165, 1.54) is 0 Å². The van der Waals surface area contributed by atoms with Crippen molar-refractivity contribution in [2.24, 2.45) is 0 Å². The molecule has 0 saturated carbocycles. The first-order valence-electron chi connectivity index (χ1n) is 6.26. The summed E-state index contributed by atoms with van der Waals surface area (Å²) in [5.74, 6) is 1.63. The minimum atomic E-state index is 0.618. The van der Waals surface area contributed by atoms with Crippen LogP contribution in [-0.2, 0) is 0 Å². The molecule has 2 heterocycles. The van der Waals surface area contributed by atoms with Crippen LogP contribution in [0, 0.1) is 0 Å². The van der Waals surface area contributed by atoms with E-state index < -0.39 is 0 Å². The maximum Gasteiger partial charge on any atom is 0.172 e. The second kappa shape index (κ2) is 6.20. The minimum Gasteiger partial charge on any atom is -0.493 e. The number of benzene rings is 1. The summed E-state index contributed by atoms with van der Waals surface area (Å²) in [7, 11) is 0. The van der Waals surface area contributed by atoms with Crippen LogP contribution in [0.2, 0.25) is 5.02 Å². The zero-order valence-corrected chi connectivity index (χ0v) is 12.3. The van der Waals surface area contributed by atoms with Crippen molar-refractivity contribution in [1.29, 1.82) is 0 Å². The second-order valence-corrected chi connectivity index (χ2v) is 5.69. The van der Waals surface area contributed by atoms with Crippen LogP contribution in [0.1, 0.15) is 0 Å². The van der Waals surface area contributed by atoms with Gasteiger partial charge in [-0.25, -0.2) is 4.98 Å². The Morgan fingerprint density at radius 1 is 1.20 bits per heavy atom. The van der Waals surface area contributed by atoms with E-state index in [4.69, 9.17) is 16.3 Å². The highest BCUT2D eigenvalue weighted by molar-refractivity contribution is 7.99. The van der Waals surface area contributed by atoms with Crippen LogP contribution >= 0.6 is 23.4 Å². The third-order valence-electron chi connectivity index (χ3n) is 2.78. The summed E-state index contributed by atoms with van der Waals surface area (Å²) >= 11 is 7.58. The van der Waals surface area contributed by atoms with Gasteiger partial charge in [0.25, 0.3) is 0 Å². The zero-order valence-electron chi connectivity index (χ0n) is 10.7. The fraction of sp³-hybridized carbons (Fsp3) is 0.133. The van der Waals surface area contributed by atoms with Gasteiger partial charge in [-0.3, -0.25) is 4.40 Å². The van der Waals surface area contributed by atoms with E-state index >= 15 is 0 Å². The monoisotopic (exact) mass is 304 g/mol. The van der Waals surface area contributed by atoms with Crippen molar-refractivity contribution in [3.05, 3.63) is 59.9 Å². The van der Waals surface area contributed by atoms with E-state index in [0.29, 0.717) is 11.6 Å². The SMILES string of the molecule is Clc1cccc(OCCSc2ncc3ccccn23)c1. The molecule has 3 aromatic rings. The van der Waals surface area contributed by atoms with Crippen LogP contribution in [0.15, 0.2) is 60.0 Å². The highest BCUT2D eigenvalue weighted by atomic mass is 35.5. The molecule has 2 aromatic heterocycles. The molecule has 0 aliphatic rings. The Hall–Kier alpha value is -1.65. The lowest BCUT2D eigenvalue weighted by Gasteiger charge is -2.05. The molecule has 3 rings (SSSR count). The van der Waals surface area contributed by atoms with Gasteiger partial charge in [0, 0.05) is 17.0 Å². The van der Waals surface area contributed by atoms with Gasteiger partial charge in [-0.05, 0) is 30.3 Å². The number of nitrogens with zero attached hydrogens (tertiary/aromatic N) is 2. The summed E-state index contributed by atoms with van der Waals surface area (Å²) in [5.41, 5.74) is 1.10. The van der Waals surface area contributed by atoms with Crippen LogP contribution < -0.4 is 4.74 Å². The van der Waals surface area contributed by atoms with Crippen LogP contribution in [0.25, 0.3) is 5.52 Å². The van der Waals surface area contributed by atoms with Gasteiger partial charge in [0.05, 0.1) is 18.3 Å². The molecule has 0 aliphatic heterocycles. The quantitative estimate of drug-likeness (QED) is 0.523. The predicted molar refractivity (Wildman–Crippen MR) is 82.9 cm³/mol. The van der Waals surface area contributed by atoms with E-state index in [0.717, 1.165) is 22.2 Å². The van der Waals surface area contributed by atoms with Crippen molar-refractivity contribution < 1.29 is 4.74 Å². The van der Waals surface area contributed by atoms with Gasteiger partial charge in [0.2, 0.25) is 0 Å². The maximum absolute atomic E-state index is 5.91. The molecular formula is C15H13ClN2OS. The van der Waals surface area contributed by atoms with Gasteiger partial charge < -0.3 is 4.74 Å². The first-order chi connectivity index (χ1) is 9.83. The lowest BCUT2D eigenvalue weighted by Crippen LogP contribution is -2.00. The normalized spacial score (nSPS) is 10.8. The van der Waals surface area contributed by atoms with Crippen molar-refractivity contribution in [2.45, 2.75) is 5.16 Å². The zero-order chi connectivity index (χ0) is 13.8. The number of halogens is 1. The number of hydrogen-bond donors (Lipinski definition) is 0. The van der Waals surface area contributed by atoms with Crippen LogP contribution in [-0.4, -0.2) is 21.7 Å². The summed E-state index contributed by atoms with van der Waals surface area (Å²) in [4.78, 5) is 4.40. The molecule has 0 radical (unpaired) electrons. The molecule has 0 fully saturated rings. The third kappa shape index (κ3) is 3.08. The van der Waals surface area contributed by atoms with Crippen molar-refractivity contribution in [1.82, 2.24) is 9.38 Å². The van der Waals surface area contributed by atoms with Gasteiger partial charge in [-0.1, -0.05) is 35.5 Å². The van der Waals surface area contributed by atoms with E-state index in [2.05, 4.69) is 9.38 Å². The van der Waals surface area contributed by atoms with Crippen LogP contribution in [0.4, 0.5) is 0 Å². The van der Waals surface area contributed by atoms with Gasteiger partial charge in [-0.15, -0.1) is 0 Å². The number of imidazole rings is 1. The Balaban J connectivity index is 1.55. The van der Waals surface area contributed by atoms with Gasteiger partial charge in [-0.2, -0.15) is 0 Å². The van der Waals surface area contributed by atoms with E-state index in [9.17, 15) is 0 Å². The fourth-order valence-corrected chi connectivity index (χ4v) is 2.84. The molecule has 0 unspecified atom stereocenters. The average Bonchev–Trinajstić information content (AvgIpc) is 2.87. The summed E-state index contributed by atoms with van der Waals surface area (Å²) < 4.78 is 7.73. The molecule has 102 valence electrons. The molecule has 0 saturated heterocycles. The number of thioether (sulfide) groups is 1. The minimum absolute atomic E-state index is 0.618. The van der Waals surface area contributed by atoms with Crippen LogP contribution in [0.3, 0.4) is 0 Å². The molecule has 3 nitrogen and oxygen atoms in total. The Bertz CT molecular complexity index is 714. The molecule has 0 N–H and O–H groups in total. The van der Waals surface area contributed by atoms with Crippen LogP contribution in [0.5, 0.6) is 5.75 Å². The predicted octanol–water partition coefficient (Wildman–Crippen LogP) is 4.16. The summed E-state index contributed by atoms with van der Waals surface area (Å²) in [6.45, 7) is 0.618. The van der Waals surface area contributed by atoms with Gasteiger partial charge in [0.1, 0.15) is 5.75 Å². The van der Waals surface area contributed by atoms with E-state index in [1.807, 2.05) is 54.9 Å². The van der Waals surface area contributed by atoms with Gasteiger partial charge >= 0.3 is 0 Å². The topological polar surface area (TPSA) is 26.5 Å². The largest absolute Gasteiger partial charge is 0.493 e. The smallest absolute Gasteiger partial charge is 0.172 e. The van der Waals surface area contributed by atoms with E-state index in [-0.39, 0.29) is 0 Å². The molecule has 0 spiro atoms. The Morgan fingerprint density at radius 3 is 3.05 bits per heavy atom. The molecule has 0 atom stereocenters. The average molecular weight is 305 g/mol. The summed E-state index contributed by atoms with van der Waals surface area (Å²) in [6.07, 6.45) is 3.89. The number of fused-ring (bicyclic) bond motifs is 1. The lowest BCUT2D eigenvalue weighted by molar-refractivity contribution is 0.344. The number of aromatic nitrogens is 2. The van der Waals surface area contributed by atoms with E-state index in [1.54, 1.807) is 11.8 Å². The first-order valence-corrected chi connectivity index (χ1v) is 7.62. The number of hydrogen-bond acceptors (Lipinski definition) is 3. The highest BCUT2D eigenvalue weighted by Gasteiger charge is 2.03. The molecular weight excluding hydrogens is 292 g/mol. The number of rotatable bonds is 5. The molecule has 0 aliphatic carbocycles. The molecule has 0 amide bonds. The maximum atomic E-state index is 5.91. The van der Waals surface area contributed by atoms with Crippen molar-refractivity contribution in [2.75, 3.05) is 12.4 Å². The van der Waals surface area contributed by atoms with Crippen molar-refractivity contribution >= 4 is 28.9 Å². The highest BCUT2D eigenvalue weighted by Crippen LogP contribution is 2.20. The molecule has 1 aromatic carbocycles. The molecule has 5 heteroatoms. The number of ether oxygens (including phenoxy) is 1. The standard InChI is InChI=1S/C15H13ClN2OS/c16-12-4-3-6-14(10-12)19-8-9-20-15-17-11-13-5-1-2-7-18(13)15/h1-7,10-11H,8-9H2. The molecule has 0 bridgehead atoms. The Kier molecular flexibility index (Phi) is 4.14. The lowest BCUT2D eigenvalue weighted by atomic mass is 10.3. The van der Waals surface area contributed by atoms with Crippen molar-refractivity contribution in [3.8, 4) is 5.75 Å². The third-order valence-corrected chi connectivity index (χ3v) is 3.95. The second-order valence-electron chi connectivity index (χ2n) is 4.19. The van der Waals surface area contributed by atoms with Crippen molar-refractivity contribution in [3.63, 3.8) is 0 Å². The molecule has 20 heavy (non-hydrogen) atoms. The first kappa shape index (κ1) is 13.3. The fourth-order valence-electron chi connectivity index (χ4n) is 1.88. The number of pyridine rings is 1. The summed E-state index contributed by atoms with van der Waals surface area (Å²) in [6, 6.07) is 13.5. The van der Waals surface area contributed by atoms with Gasteiger partial charge in [0.15, 0.2) is 5.16 Å². The Labute approximate surface area is 126 Å².